The summed E-state index contributed by atoms with van der Waals surface area (Å²) in [6.07, 6.45) is 3.85. The molecule has 2 atom stereocenters. The van der Waals surface area contributed by atoms with Gasteiger partial charge >= 0.3 is 0 Å². The smallest absolute Gasteiger partial charge is 0.194 e. The molecule has 0 spiro atoms. The van der Waals surface area contributed by atoms with Gasteiger partial charge in [0.05, 0.1) is 0 Å². The monoisotopic (exact) mass is 178 g/mol. The van der Waals surface area contributed by atoms with Crippen LogP contribution in [0.2, 0.25) is 0 Å². The highest BCUT2D eigenvalue weighted by molar-refractivity contribution is 7.40. The molecular weight excluding hydrogens is 159 g/mol. The van der Waals surface area contributed by atoms with Gasteiger partial charge in [-0.1, -0.05) is 33.6 Å². The first-order valence-electron chi connectivity index (χ1n) is 4.30. The Hall–Kier alpha value is 0.190. The van der Waals surface area contributed by atoms with Crippen molar-refractivity contribution in [1.82, 2.24) is 0 Å². The van der Waals surface area contributed by atoms with Gasteiger partial charge in [-0.2, -0.15) is 0 Å². The maximum absolute atomic E-state index is 10.9. The SMILES string of the molecule is CCCCC(C)(CC)[PH](=O)O. The zero-order valence-electron chi connectivity index (χ0n) is 7.68. The van der Waals surface area contributed by atoms with Crippen LogP contribution < -0.4 is 0 Å². The second-order valence-electron chi connectivity index (χ2n) is 3.32. The molecule has 0 aromatic rings. The minimum atomic E-state index is -2.34. The third-order valence-corrected chi connectivity index (χ3v) is 4.01. The van der Waals surface area contributed by atoms with E-state index in [-0.39, 0.29) is 5.16 Å². The van der Waals surface area contributed by atoms with Crippen LogP contribution in [0.3, 0.4) is 0 Å². The van der Waals surface area contributed by atoms with Crippen molar-refractivity contribution in [3.63, 3.8) is 0 Å². The van der Waals surface area contributed by atoms with Crippen molar-refractivity contribution < 1.29 is 9.46 Å². The second kappa shape index (κ2) is 4.95. The largest absolute Gasteiger partial charge is 0.346 e. The van der Waals surface area contributed by atoms with E-state index in [0.29, 0.717) is 0 Å². The first-order chi connectivity index (χ1) is 5.06. The van der Waals surface area contributed by atoms with Crippen molar-refractivity contribution in [2.45, 2.75) is 51.6 Å². The predicted molar refractivity (Wildman–Crippen MR) is 49.4 cm³/mol. The molecule has 0 heterocycles. The number of hydrogen-bond acceptors (Lipinski definition) is 1. The molecule has 0 saturated carbocycles. The van der Waals surface area contributed by atoms with Gasteiger partial charge in [0.2, 0.25) is 0 Å². The third-order valence-electron chi connectivity index (χ3n) is 2.38. The molecule has 0 radical (unpaired) electrons. The van der Waals surface area contributed by atoms with Crippen molar-refractivity contribution >= 4 is 8.03 Å². The van der Waals surface area contributed by atoms with Crippen LogP contribution >= 0.6 is 8.03 Å². The fourth-order valence-electron chi connectivity index (χ4n) is 1.00. The molecule has 11 heavy (non-hydrogen) atoms. The summed E-state index contributed by atoms with van der Waals surface area (Å²) in [7, 11) is -2.34. The van der Waals surface area contributed by atoms with Crippen LogP contribution in [0.4, 0.5) is 0 Å². The zero-order chi connectivity index (χ0) is 8.91. The summed E-state index contributed by atoms with van der Waals surface area (Å²) in [6.45, 7) is 5.99. The average molecular weight is 178 g/mol. The van der Waals surface area contributed by atoms with Gasteiger partial charge < -0.3 is 4.89 Å². The molecule has 0 aliphatic rings. The number of hydrogen-bond donors (Lipinski definition) is 1. The predicted octanol–water partition coefficient (Wildman–Crippen LogP) is 2.81. The van der Waals surface area contributed by atoms with E-state index >= 15 is 0 Å². The van der Waals surface area contributed by atoms with E-state index in [2.05, 4.69) is 6.92 Å². The van der Waals surface area contributed by atoms with E-state index in [9.17, 15) is 4.57 Å². The highest BCUT2D eigenvalue weighted by Crippen LogP contribution is 2.41. The minimum Gasteiger partial charge on any atom is -0.346 e. The molecule has 0 aliphatic heterocycles. The van der Waals surface area contributed by atoms with Crippen LogP contribution in [0.15, 0.2) is 0 Å². The highest BCUT2D eigenvalue weighted by atomic mass is 31.1. The number of rotatable bonds is 5. The Balaban J connectivity index is 3.99. The third kappa shape index (κ3) is 3.39. The molecule has 0 aromatic heterocycles. The standard InChI is InChI=1S/C8H19O2P/c1-4-6-7-8(3,5-2)11(9)10/h11H,4-7H2,1-3H3,(H,9,10). The summed E-state index contributed by atoms with van der Waals surface area (Å²) in [5, 5.41) is -0.305. The first kappa shape index (κ1) is 11.2. The summed E-state index contributed by atoms with van der Waals surface area (Å²) >= 11 is 0. The van der Waals surface area contributed by atoms with E-state index in [0.717, 1.165) is 25.7 Å². The van der Waals surface area contributed by atoms with E-state index in [1.54, 1.807) is 0 Å². The van der Waals surface area contributed by atoms with E-state index in [4.69, 9.17) is 4.89 Å². The van der Waals surface area contributed by atoms with Crippen LogP contribution in [-0.2, 0) is 4.57 Å². The molecule has 0 rings (SSSR count). The fourth-order valence-corrected chi connectivity index (χ4v) is 1.69. The summed E-state index contributed by atoms with van der Waals surface area (Å²) in [4.78, 5) is 9.04. The summed E-state index contributed by atoms with van der Waals surface area (Å²) in [5.74, 6) is 0. The van der Waals surface area contributed by atoms with Crippen LogP contribution in [0.25, 0.3) is 0 Å². The lowest BCUT2D eigenvalue weighted by molar-refractivity contribution is 0.425. The van der Waals surface area contributed by atoms with Crippen LogP contribution in [-0.4, -0.2) is 10.0 Å². The van der Waals surface area contributed by atoms with Gasteiger partial charge in [-0.25, -0.2) is 0 Å². The lowest BCUT2D eigenvalue weighted by atomic mass is 10.0. The number of unbranched alkanes of at least 4 members (excludes halogenated alkanes) is 1. The summed E-state index contributed by atoms with van der Waals surface area (Å²) in [6, 6.07) is 0. The highest BCUT2D eigenvalue weighted by Gasteiger charge is 2.26. The Morgan fingerprint density at radius 1 is 1.45 bits per heavy atom. The molecule has 0 bridgehead atoms. The quantitative estimate of drug-likeness (QED) is 0.657. The maximum Gasteiger partial charge on any atom is 0.194 e. The van der Waals surface area contributed by atoms with E-state index in [1.807, 2.05) is 13.8 Å². The van der Waals surface area contributed by atoms with Gasteiger partial charge in [0.1, 0.15) is 0 Å². The Bertz CT molecular complexity index is 136. The average Bonchev–Trinajstić information content (AvgIpc) is 2.00. The van der Waals surface area contributed by atoms with Gasteiger partial charge in [0.25, 0.3) is 0 Å². The van der Waals surface area contributed by atoms with Gasteiger partial charge in [-0.05, 0) is 12.8 Å². The zero-order valence-corrected chi connectivity index (χ0v) is 8.68. The Labute approximate surface area is 69.9 Å². The second-order valence-corrected chi connectivity index (χ2v) is 5.14. The molecule has 2 unspecified atom stereocenters. The first-order valence-corrected chi connectivity index (χ1v) is 5.65. The summed E-state index contributed by atoms with van der Waals surface area (Å²) < 4.78 is 10.9. The molecule has 0 fully saturated rings. The minimum absolute atomic E-state index is 0.305. The topological polar surface area (TPSA) is 37.3 Å². The Kier molecular flexibility index (Phi) is 5.03. The molecule has 0 amide bonds. The van der Waals surface area contributed by atoms with E-state index in [1.165, 1.54) is 0 Å². The van der Waals surface area contributed by atoms with Gasteiger partial charge in [0, 0.05) is 5.16 Å². The van der Waals surface area contributed by atoms with Crippen molar-refractivity contribution in [3.8, 4) is 0 Å². The van der Waals surface area contributed by atoms with Crippen molar-refractivity contribution in [2.75, 3.05) is 0 Å². The molecule has 2 nitrogen and oxygen atoms in total. The van der Waals surface area contributed by atoms with Gasteiger partial charge in [-0.15, -0.1) is 0 Å². The molecule has 68 valence electrons. The van der Waals surface area contributed by atoms with Crippen molar-refractivity contribution in [3.05, 3.63) is 0 Å². The Morgan fingerprint density at radius 2 is 2.00 bits per heavy atom. The molecule has 0 aliphatic carbocycles. The Morgan fingerprint density at radius 3 is 2.27 bits per heavy atom. The molecule has 1 N–H and O–H groups in total. The van der Waals surface area contributed by atoms with E-state index < -0.39 is 8.03 Å². The lowest BCUT2D eigenvalue weighted by Gasteiger charge is -2.24. The normalized spacial score (nSPS) is 19.3. The molecule has 0 aromatic carbocycles. The fraction of sp³-hybridized carbons (Fsp3) is 1.00. The maximum atomic E-state index is 10.9. The summed E-state index contributed by atoms with van der Waals surface area (Å²) in [5.41, 5.74) is 0. The van der Waals surface area contributed by atoms with Gasteiger partial charge in [-0.3, -0.25) is 4.57 Å². The van der Waals surface area contributed by atoms with Crippen LogP contribution in [0, 0.1) is 0 Å². The molecular formula is C8H19O2P. The van der Waals surface area contributed by atoms with Crippen molar-refractivity contribution in [1.29, 1.82) is 0 Å². The lowest BCUT2D eigenvalue weighted by Crippen LogP contribution is -2.17. The van der Waals surface area contributed by atoms with Crippen LogP contribution in [0.1, 0.15) is 46.5 Å². The molecule has 0 saturated heterocycles. The van der Waals surface area contributed by atoms with Crippen LogP contribution in [0.5, 0.6) is 0 Å². The van der Waals surface area contributed by atoms with Gasteiger partial charge in [0.15, 0.2) is 8.03 Å². The molecule has 3 heteroatoms. The van der Waals surface area contributed by atoms with Crippen molar-refractivity contribution in [2.24, 2.45) is 0 Å².